The summed E-state index contributed by atoms with van der Waals surface area (Å²) in [6, 6.07) is 20.1. The Morgan fingerprint density at radius 2 is 0.755 bits per heavy atom. The summed E-state index contributed by atoms with van der Waals surface area (Å²) in [4.78, 5) is 40.6. The fourth-order valence-electron chi connectivity index (χ4n) is 7.04. The monoisotopic (exact) mass is 1410 g/mol. The number of aryl methyl sites for hydroxylation is 2. The van der Waals surface area contributed by atoms with E-state index in [4.69, 9.17) is 4.42 Å². The van der Waals surface area contributed by atoms with Gasteiger partial charge in [-0.2, -0.15) is 10.2 Å². The third-order valence-electron chi connectivity index (χ3n) is 12.6. The molecule has 0 aliphatic rings. The molecule has 0 amide bonds. The summed E-state index contributed by atoms with van der Waals surface area (Å²) >= 11 is 0. The molecule has 0 aliphatic carbocycles. The van der Waals surface area contributed by atoms with Gasteiger partial charge >= 0.3 is 0 Å². The lowest BCUT2D eigenvalue weighted by Gasteiger charge is -2.17. The zero-order chi connectivity index (χ0) is 80.1. The van der Waals surface area contributed by atoms with E-state index in [-0.39, 0.29) is 56.2 Å². The first-order chi connectivity index (χ1) is 46.8. The van der Waals surface area contributed by atoms with Crippen LogP contribution in [0.15, 0.2) is 171 Å². The minimum atomic E-state index is 0. The summed E-state index contributed by atoms with van der Waals surface area (Å²) < 4.78 is 8.84. The number of oxazole rings is 1. The third kappa shape index (κ3) is 53.2. The van der Waals surface area contributed by atoms with E-state index >= 15 is 0 Å². The molecule has 0 aliphatic heterocycles. The largest absolute Gasteiger partial charge is 0.448 e. The molecule has 0 atom stereocenters. The molecule has 0 saturated heterocycles. The smallest absolute Gasteiger partial charge is 0.199 e. The van der Waals surface area contributed by atoms with Crippen LogP contribution in [0.3, 0.4) is 0 Å². The van der Waals surface area contributed by atoms with Crippen molar-refractivity contribution in [1.29, 1.82) is 0 Å². The molecule has 0 bridgehead atoms. The van der Waals surface area contributed by atoms with E-state index in [2.05, 4.69) is 283 Å². The molecule has 9 rings (SSSR count). The Morgan fingerprint density at radius 1 is 0.304 bits per heavy atom. The van der Waals surface area contributed by atoms with Gasteiger partial charge in [0.25, 0.3) is 0 Å². The van der Waals surface area contributed by atoms with E-state index in [1.807, 2.05) is 180 Å². The van der Waals surface area contributed by atoms with Gasteiger partial charge in [-0.05, 0) is 81.5 Å². The van der Waals surface area contributed by atoms with Crippen LogP contribution in [0.4, 0.5) is 0 Å². The summed E-state index contributed by atoms with van der Waals surface area (Å²) in [6.07, 6.45) is 30.3. The van der Waals surface area contributed by atoms with Gasteiger partial charge in [-0.25, -0.2) is 24.9 Å². The second kappa shape index (κ2) is 55.9. The third-order valence-corrected chi connectivity index (χ3v) is 12.6. The van der Waals surface area contributed by atoms with Gasteiger partial charge in [-0.1, -0.05) is 290 Å². The maximum absolute atomic E-state index is 5.09. The van der Waals surface area contributed by atoms with Gasteiger partial charge in [-0.3, -0.25) is 34.3 Å². The van der Waals surface area contributed by atoms with Crippen molar-refractivity contribution >= 4 is 0 Å². The number of aromatic nitrogens is 14. The number of nitrogens with zero attached hydrogens (tertiary/aromatic N) is 14. The Hall–Kier alpha value is -7.68. The van der Waals surface area contributed by atoms with E-state index in [1.165, 1.54) is 22.4 Å². The van der Waals surface area contributed by atoms with Crippen LogP contribution in [-0.2, 0) is 62.8 Å². The molecule has 0 N–H and O–H groups in total. The molecule has 0 saturated carbocycles. The first kappa shape index (κ1) is 108. The zero-order valence-corrected chi connectivity index (χ0v) is 72.3. The summed E-state index contributed by atoms with van der Waals surface area (Å²) in [5.41, 5.74) is 9.87. The molecule has 0 spiro atoms. The molecular weight excluding hydrogens is 1260 g/mol. The van der Waals surface area contributed by atoms with Crippen LogP contribution in [0.5, 0.6) is 0 Å². The van der Waals surface area contributed by atoms with Gasteiger partial charge in [0.1, 0.15) is 18.4 Å². The van der Waals surface area contributed by atoms with Gasteiger partial charge in [-0.15, -0.1) is 0 Å². The Balaban J connectivity index is -0.000000195. The van der Waals surface area contributed by atoms with Crippen molar-refractivity contribution in [3.05, 3.63) is 217 Å². The average molecular weight is 1410 g/mol. The highest BCUT2D eigenvalue weighted by Gasteiger charge is 2.20. The molecule has 15 nitrogen and oxygen atoms in total. The maximum atomic E-state index is 5.09. The number of hydrogen-bond acceptors (Lipinski definition) is 13. The Bertz CT molecular complexity index is 2810. The molecule has 9 aromatic heterocycles. The van der Waals surface area contributed by atoms with Crippen molar-refractivity contribution < 1.29 is 4.42 Å². The van der Waals surface area contributed by atoms with Crippen molar-refractivity contribution in [2.24, 2.45) is 14.1 Å². The van der Waals surface area contributed by atoms with Crippen molar-refractivity contribution in [1.82, 2.24) is 69.4 Å². The molecule has 0 radical (unpaired) electrons. The van der Waals surface area contributed by atoms with Crippen LogP contribution in [0.2, 0.25) is 0 Å². The molecule has 578 valence electrons. The molecule has 0 aromatic carbocycles. The first-order valence-electron chi connectivity index (χ1n) is 36.7. The van der Waals surface area contributed by atoms with Crippen LogP contribution >= 0.6 is 0 Å². The summed E-state index contributed by atoms with van der Waals surface area (Å²) in [7, 11) is 3.91. The normalized spacial score (nSPS) is 10.5. The van der Waals surface area contributed by atoms with Crippen LogP contribution < -0.4 is 0 Å². The number of pyridine rings is 3. The second-order valence-electron chi connectivity index (χ2n) is 30.8. The predicted octanol–water partition coefficient (Wildman–Crippen LogP) is 24.7. The SMILES string of the molecule is C.CC.CC.CC.CC.CC.CC.CC(C)(C)c1ccccn1.CC(C)(C)c1cccnc1.CC(C)(C)c1ccncc1.CC(C)(C)c1cnccn1.CC(C)(C)c1cncnc1.CC(C)(C)c1ncccn1.CC(C)(C)c1ncco1.Cn1ccc(C(C)(C)C)n1.Cn1nccc1C(C)(C)C. The summed E-state index contributed by atoms with van der Waals surface area (Å²) in [5, 5.41) is 8.40. The van der Waals surface area contributed by atoms with Gasteiger partial charge in [0, 0.05) is 145 Å². The molecule has 102 heavy (non-hydrogen) atoms. The molecule has 0 fully saturated rings. The fourth-order valence-corrected chi connectivity index (χ4v) is 7.04. The first-order valence-corrected chi connectivity index (χ1v) is 36.7. The lowest BCUT2D eigenvalue weighted by atomic mass is 9.88. The lowest BCUT2D eigenvalue weighted by molar-refractivity contribution is 0.392. The molecule has 9 heterocycles. The van der Waals surface area contributed by atoms with Gasteiger partial charge in [0.15, 0.2) is 5.89 Å². The van der Waals surface area contributed by atoms with Crippen LogP contribution in [0.25, 0.3) is 0 Å². The number of rotatable bonds is 0. The van der Waals surface area contributed by atoms with E-state index < -0.39 is 0 Å². The van der Waals surface area contributed by atoms with Crippen molar-refractivity contribution in [2.45, 2.75) is 326 Å². The van der Waals surface area contributed by atoms with Crippen molar-refractivity contribution in [3.63, 3.8) is 0 Å². The predicted molar refractivity (Wildman–Crippen MR) is 445 cm³/mol. The molecule has 0 unspecified atom stereocenters. The van der Waals surface area contributed by atoms with Crippen molar-refractivity contribution in [2.75, 3.05) is 0 Å². The fraction of sp³-hybridized carbons (Fsp3) is 0.586. The highest BCUT2D eigenvalue weighted by atomic mass is 16.3. The minimum absolute atomic E-state index is 0. The van der Waals surface area contributed by atoms with Crippen LogP contribution in [0, 0.1) is 0 Å². The highest BCUT2D eigenvalue weighted by Crippen LogP contribution is 2.25. The average Bonchev–Trinajstić information content (AvgIpc) is 1.67. The maximum Gasteiger partial charge on any atom is 0.199 e. The van der Waals surface area contributed by atoms with Crippen LogP contribution in [-0.4, -0.2) is 69.4 Å². The Morgan fingerprint density at radius 3 is 0.990 bits per heavy atom. The van der Waals surface area contributed by atoms with Gasteiger partial charge < -0.3 is 4.42 Å². The highest BCUT2D eigenvalue weighted by molar-refractivity contribution is 5.20. The topological polar surface area (TPSA) is 178 Å². The van der Waals surface area contributed by atoms with Crippen LogP contribution in [0.1, 0.15) is 329 Å². The quantitative estimate of drug-likeness (QED) is 0.140. The number of hydrogen-bond donors (Lipinski definition) is 0. The van der Waals surface area contributed by atoms with Crippen molar-refractivity contribution in [3.8, 4) is 0 Å². The van der Waals surface area contributed by atoms with E-state index in [9.17, 15) is 0 Å². The Kier molecular flexibility index (Phi) is 59.0. The molecule has 9 aromatic rings. The molecular formula is C87H154N14O. The lowest BCUT2D eigenvalue weighted by Crippen LogP contribution is -2.16. The molecule has 15 heteroatoms. The minimum Gasteiger partial charge on any atom is -0.448 e. The summed E-state index contributed by atoms with van der Waals surface area (Å²) in [5.74, 6) is 1.69. The second-order valence-corrected chi connectivity index (χ2v) is 30.8. The van der Waals surface area contributed by atoms with E-state index in [1.54, 1.807) is 56.0 Å². The summed E-state index contributed by atoms with van der Waals surface area (Å²) in [6.45, 7) is 82.0. The van der Waals surface area contributed by atoms with Gasteiger partial charge in [0.05, 0.1) is 17.6 Å². The zero-order valence-electron chi connectivity index (χ0n) is 72.3. The van der Waals surface area contributed by atoms with Gasteiger partial charge in [0.2, 0.25) is 0 Å². The standard InChI is InChI=1S/3C9H13N.C8H12N2.2C8H14N2.2C8H12N2.C7H11NO.6C2H6.CH4/c1-9(2,3)8-4-6-10-7-5-8;1-9(2,3)8-5-4-6-10-7-8;1-9(2,3)8-6-4-5-7-10-8;1-8(2,3)7-4-9-6-10-5-7;1-8(2,3)7-5-6-10(4)9-7;1-8(2,3)7-5-6-9-10(7)4;1-8(2,3)7-6-9-4-5-10-7;1-8(2,3)7-9-5-4-6-10-7;1-7(2,3)6-8-4-5-9-6;6*1-2;/h3*4-7H,1-3H3;4-6H,1-3H3;2*5-6H,1-4H3;2*4-6H,1-3H3;4-5H,1-3H3;6*1-2H3;1H4. The van der Waals surface area contributed by atoms with E-state index in [0.717, 1.165) is 28.8 Å². The van der Waals surface area contributed by atoms with E-state index in [0.29, 0.717) is 0 Å². The Labute approximate surface area is 628 Å².